The fourth-order valence-electron chi connectivity index (χ4n) is 1.92. The quantitative estimate of drug-likeness (QED) is 0.348. The van der Waals surface area contributed by atoms with Crippen LogP contribution in [0.1, 0.15) is 5.69 Å². The lowest BCUT2D eigenvalue weighted by molar-refractivity contribution is -0.141. The summed E-state index contributed by atoms with van der Waals surface area (Å²) in [6.45, 7) is 1.04. The van der Waals surface area contributed by atoms with Gasteiger partial charge in [-0.3, -0.25) is 0 Å². The second-order valence-corrected chi connectivity index (χ2v) is 6.41. The Balaban J connectivity index is 1.62. The summed E-state index contributed by atoms with van der Waals surface area (Å²) >= 11 is 1.40. The third-order valence-corrected chi connectivity index (χ3v) is 4.32. The van der Waals surface area contributed by atoms with E-state index in [1.165, 1.54) is 23.9 Å². The SMILES string of the molecule is O[C@@H](CNCCNc1nccc(C(F)(F)F)n1)CSc1ccc(F)cc1. The maximum Gasteiger partial charge on any atom is 0.433 e. The fraction of sp³-hybridized carbons (Fsp3) is 0.375. The molecule has 2 rings (SSSR count). The number of benzene rings is 1. The molecule has 0 fully saturated rings. The van der Waals surface area contributed by atoms with E-state index in [4.69, 9.17) is 0 Å². The van der Waals surface area contributed by atoms with Gasteiger partial charge in [-0.15, -0.1) is 11.8 Å². The van der Waals surface area contributed by atoms with Crippen LogP contribution < -0.4 is 10.6 Å². The number of anilines is 1. The monoisotopic (exact) mass is 390 g/mol. The number of hydrogen-bond acceptors (Lipinski definition) is 6. The van der Waals surface area contributed by atoms with Crippen molar-refractivity contribution >= 4 is 17.7 Å². The molecule has 0 saturated heterocycles. The van der Waals surface area contributed by atoms with Crippen molar-refractivity contribution in [3.05, 3.63) is 48.0 Å². The first-order chi connectivity index (χ1) is 12.3. The first kappa shape index (κ1) is 20.4. The largest absolute Gasteiger partial charge is 0.433 e. The Kier molecular flexibility index (Phi) is 7.61. The van der Waals surface area contributed by atoms with Crippen LogP contribution in [0.4, 0.5) is 23.5 Å². The van der Waals surface area contributed by atoms with Gasteiger partial charge in [0.1, 0.15) is 11.5 Å². The van der Waals surface area contributed by atoms with Crippen molar-refractivity contribution in [3.8, 4) is 0 Å². The number of alkyl halides is 3. The summed E-state index contributed by atoms with van der Waals surface area (Å²) < 4.78 is 50.4. The Morgan fingerprint density at radius 2 is 1.85 bits per heavy atom. The average Bonchev–Trinajstić information content (AvgIpc) is 2.60. The van der Waals surface area contributed by atoms with E-state index in [-0.39, 0.29) is 11.8 Å². The predicted molar refractivity (Wildman–Crippen MR) is 91.5 cm³/mol. The highest BCUT2D eigenvalue weighted by Crippen LogP contribution is 2.27. The number of hydrogen-bond donors (Lipinski definition) is 3. The van der Waals surface area contributed by atoms with Gasteiger partial charge in [0, 0.05) is 36.5 Å². The number of thioether (sulfide) groups is 1. The summed E-state index contributed by atoms with van der Waals surface area (Å²) in [6, 6.07) is 6.79. The molecule has 1 heterocycles. The van der Waals surface area contributed by atoms with E-state index in [0.717, 1.165) is 17.2 Å². The fourth-order valence-corrected chi connectivity index (χ4v) is 2.75. The van der Waals surface area contributed by atoms with Crippen molar-refractivity contribution in [2.75, 3.05) is 30.7 Å². The predicted octanol–water partition coefficient (Wildman–Crippen LogP) is 2.79. The second kappa shape index (κ2) is 9.70. The molecule has 0 bridgehead atoms. The van der Waals surface area contributed by atoms with E-state index in [0.29, 0.717) is 25.4 Å². The van der Waals surface area contributed by atoms with Crippen LogP contribution in [0, 0.1) is 5.82 Å². The molecule has 26 heavy (non-hydrogen) atoms. The van der Waals surface area contributed by atoms with Crippen molar-refractivity contribution in [3.63, 3.8) is 0 Å². The van der Waals surface area contributed by atoms with Crippen LogP contribution in [0.15, 0.2) is 41.4 Å². The lowest BCUT2D eigenvalue weighted by Gasteiger charge is -2.12. The molecule has 0 spiro atoms. The van der Waals surface area contributed by atoms with E-state index in [9.17, 15) is 22.7 Å². The molecule has 10 heteroatoms. The highest BCUT2D eigenvalue weighted by Gasteiger charge is 2.32. The van der Waals surface area contributed by atoms with Gasteiger partial charge in [0.25, 0.3) is 0 Å². The number of aliphatic hydroxyl groups excluding tert-OH is 1. The van der Waals surface area contributed by atoms with Crippen molar-refractivity contribution in [2.45, 2.75) is 17.2 Å². The molecule has 0 amide bonds. The molecular formula is C16H18F4N4OS. The van der Waals surface area contributed by atoms with Crippen LogP contribution in [0.3, 0.4) is 0 Å². The molecule has 0 aliphatic carbocycles. The summed E-state index contributed by atoms with van der Waals surface area (Å²) in [5.41, 5.74) is -1.00. The highest BCUT2D eigenvalue weighted by molar-refractivity contribution is 7.99. The van der Waals surface area contributed by atoms with Gasteiger partial charge in [-0.2, -0.15) is 13.2 Å². The minimum Gasteiger partial charge on any atom is -0.391 e. The van der Waals surface area contributed by atoms with E-state index < -0.39 is 18.0 Å². The lowest BCUT2D eigenvalue weighted by atomic mass is 10.3. The van der Waals surface area contributed by atoms with E-state index >= 15 is 0 Å². The third-order valence-electron chi connectivity index (χ3n) is 3.17. The standard InChI is InChI=1S/C16H18F4N4OS/c17-11-1-3-13(4-2-11)26-10-12(25)9-21-7-8-23-15-22-6-5-14(24-15)16(18,19)20/h1-6,12,21,25H,7-10H2,(H,22,23,24)/t12-/m0/s1. The van der Waals surface area contributed by atoms with Crippen LogP contribution in [0.25, 0.3) is 0 Å². The van der Waals surface area contributed by atoms with Crippen LogP contribution >= 0.6 is 11.8 Å². The first-order valence-electron chi connectivity index (χ1n) is 7.76. The van der Waals surface area contributed by atoms with Gasteiger partial charge >= 0.3 is 6.18 Å². The topological polar surface area (TPSA) is 70.1 Å². The van der Waals surface area contributed by atoms with E-state index in [1.807, 2.05) is 0 Å². The van der Waals surface area contributed by atoms with Crippen LogP contribution in [0.2, 0.25) is 0 Å². The van der Waals surface area contributed by atoms with Gasteiger partial charge in [0.2, 0.25) is 5.95 Å². The van der Waals surface area contributed by atoms with Gasteiger partial charge in [-0.05, 0) is 30.3 Å². The van der Waals surface area contributed by atoms with Gasteiger partial charge in [0.15, 0.2) is 0 Å². The second-order valence-electron chi connectivity index (χ2n) is 5.31. The normalized spacial score (nSPS) is 12.8. The Morgan fingerprint density at radius 1 is 1.12 bits per heavy atom. The molecular weight excluding hydrogens is 372 g/mol. The Labute approximate surface area is 152 Å². The summed E-state index contributed by atoms with van der Waals surface area (Å²) in [5, 5.41) is 15.5. The smallest absolute Gasteiger partial charge is 0.391 e. The number of nitrogens with zero attached hydrogens (tertiary/aromatic N) is 2. The van der Waals surface area contributed by atoms with Crippen molar-refractivity contribution in [1.82, 2.24) is 15.3 Å². The minimum atomic E-state index is -4.51. The number of aliphatic hydroxyl groups is 1. The molecule has 2 aromatic rings. The Morgan fingerprint density at radius 3 is 2.54 bits per heavy atom. The molecule has 0 unspecified atom stereocenters. The molecule has 142 valence electrons. The average molecular weight is 390 g/mol. The van der Waals surface area contributed by atoms with Crippen LogP contribution in [-0.4, -0.2) is 46.6 Å². The van der Waals surface area contributed by atoms with Gasteiger partial charge in [-0.25, -0.2) is 14.4 Å². The zero-order valence-corrected chi connectivity index (χ0v) is 14.4. The molecule has 0 aliphatic rings. The van der Waals surface area contributed by atoms with Crippen molar-refractivity contribution in [2.24, 2.45) is 0 Å². The van der Waals surface area contributed by atoms with Crippen molar-refractivity contribution < 1.29 is 22.7 Å². The Hall–Kier alpha value is -1.91. The molecule has 5 nitrogen and oxygen atoms in total. The lowest BCUT2D eigenvalue weighted by Crippen LogP contribution is -2.32. The first-order valence-corrected chi connectivity index (χ1v) is 8.74. The zero-order valence-electron chi connectivity index (χ0n) is 13.6. The summed E-state index contributed by atoms with van der Waals surface area (Å²) in [4.78, 5) is 7.97. The molecule has 3 N–H and O–H groups in total. The van der Waals surface area contributed by atoms with Crippen LogP contribution in [0.5, 0.6) is 0 Å². The van der Waals surface area contributed by atoms with Gasteiger partial charge in [0.05, 0.1) is 6.10 Å². The number of rotatable bonds is 9. The maximum atomic E-state index is 12.8. The third kappa shape index (κ3) is 7.14. The number of nitrogens with one attached hydrogen (secondary N) is 2. The van der Waals surface area contributed by atoms with Crippen molar-refractivity contribution in [1.29, 1.82) is 0 Å². The molecule has 1 aromatic heterocycles. The number of aromatic nitrogens is 2. The summed E-state index contributed by atoms with van der Waals surface area (Å²) in [7, 11) is 0. The minimum absolute atomic E-state index is 0.103. The molecule has 0 aliphatic heterocycles. The summed E-state index contributed by atoms with van der Waals surface area (Å²) in [6.07, 6.45) is -4.08. The number of halogens is 4. The van der Waals surface area contributed by atoms with E-state index in [1.54, 1.807) is 12.1 Å². The highest BCUT2D eigenvalue weighted by atomic mass is 32.2. The maximum absolute atomic E-state index is 12.8. The molecule has 1 aromatic carbocycles. The van der Waals surface area contributed by atoms with Gasteiger partial charge < -0.3 is 15.7 Å². The molecule has 0 saturated carbocycles. The summed E-state index contributed by atoms with van der Waals surface area (Å²) in [5.74, 6) is 0.0193. The van der Waals surface area contributed by atoms with Crippen LogP contribution in [-0.2, 0) is 6.18 Å². The van der Waals surface area contributed by atoms with E-state index in [2.05, 4.69) is 20.6 Å². The Bertz CT molecular complexity index is 685. The zero-order chi connectivity index (χ0) is 19.0. The van der Waals surface area contributed by atoms with Gasteiger partial charge in [-0.1, -0.05) is 0 Å². The molecule has 0 radical (unpaired) electrons. The molecule has 1 atom stereocenters.